The van der Waals surface area contributed by atoms with E-state index in [4.69, 9.17) is 4.99 Å². The summed E-state index contributed by atoms with van der Waals surface area (Å²) in [4.78, 5) is 6.11. The van der Waals surface area contributed by atoms with Crippen molar-refractivity contribution in [3.63, 3.8) is 0 Å². The molecule has 0 N–H and O–H groups in total. The van der Waals surface area contributed by atoms with Crippen LogP contribution in [0.5, 0.6) is 0 Å². The molecule has 1 aliphatic carbocycles. The molecule has 0 aliphatic heterocycles. The molecule has 0 spiro atoms. The minimum atomic E-state index is 0.790. The normalized spacial score (nSPS) is 13.7. The molecule has 4 rings (SSSR count). The third-order valence-electron chi connectivity index (χ3n) is 5.46. The molecule has 28 heavy (non-hydrogen) atoms. The summed E-state index contributed by atoms with van der Waals surface area (Å²) in [5.41, 5.74) is 7.94. The molecule has 0 saturated heterocycles. The zero-order valence-electron chi connectivity index (χ0n) is 16.3. The lowest BCUT2D eigenvalue weighted by molar-refractivity contribution is 0.696. The van der Waals surface area contributed by atoms with Gasteiger partial charge in [-0.1, -0.05) is 0 Å². The van der Waals surface area contributed by atoms with Gasteiger partial charge < -0.3 is 4.57 Å². The van der Waals surface area contributed by atoms with Crippen LogP contribution < -0.4 is 0 Å². The van der Waals surface area contributed by atoms with Crippen molar-refractivity contribution in [3.05, 3.63) is 66.4 Å². The van der Waals surface area contributed by atoms with Crippen LogP contribution in [0.25, 0.3) is 5.69 Å². The Kier molecular flexibility index (Phi) is 5.44. The molecule has 0 amide bonds. The average Bonchev–Trinajstić information content (AvgIpc) is 3.18. The van der Waals surface area contributed by atoms with Gasteiger partial charge in [0.15, 0.2) is 0 Å². The molecule has 0 saturated carbocycles. The molecule has 0 bridgehead atoms. The molecular weight excluding hydrogens is 477 g/mol. The van der Waals surface area contributed by atoms with Crippen molar-refractivity contribution in [1.82, 2.24) is 4.57 Å². The Morgan fingerprint density at radius 1 is 1.18 bits per heavy atom. The molecule has 1 aromatic carbocycles. The summed E-state index contributed by atoms with van der Waals surface area (Å²) in [6.45, 7) is 6.40. The van der Waals surface area contributed by atoms with Gasteiger partial charge in [0.05, 0.1) is 5.56 Å². The van der Waals surface area contributed by atoms with Crippen LogP contribution in [-0.4, -0.2) is 10.8 Å². The van der Waals surface area contributed by atoms with Crippen molar-refractivity contribution in [1.29, 1.82) is 5.26 Å². The SMILES string of the molecule is Cc1cc(-n2c(C)cc(C=Nc3sc4c(c3C#N)CCCC4)c2C)ccc1I. The number of thiophene rings is 1. The predicted molar refractivity (Wildman–Crippen MR) is 126 cm³/mol. The first-order valence-electron chi connectivity index (χ1n) is 9.53. The topological polar surface area (TPSA) is 41.1 Å². The van der Waals surface area contributed by atoms with Crippen molar-refractivity contribution >= 4 is 45.1 Å². The van der Waals surface area contributed by atoms with Gasteiger partial charge in [-0.05, 0) is 104 Å². The molecule has 3 aromatic rings. The van der Waals surface area contributed by atoms with Gasteiger partial charge in [0.25, 0.3) is 0 Å². The molecular formula is C23H22IN3S. The number of fused-ring (bicyclic) bond motifs is 1. The molecule has 2 heterocycles. The van der Waals surface area contributed by atoms with Crippen molar-refractivity contribution in [2.24, 2.45) is 4.99 Å². The fourth-order valence-corrected chi connectivity index (χ4v) is 5.49. The number of hydrogen-bond acceptors (Lipinski definition) is 3. The van der Waals surface area contributed by atoms with Crippen molar-refractivity contribution in [2.45, 2.75) is 46.5 Å². The van der Waals surface area contributed by atoms with Crippen LogP contribution in [0.4, 0.5) is 5.00 Å². The van der Waals surface area contributed by atoms with E-state index in [1.54, 1.807) is 11.3 Å². The summed E-state index contributed by atoms with van der Waals surface area (Å²) in [5.74, 6) is 0. The maximum Gasteiger partial charge on any atom is 0.134 e. The average molecular weight is 499 g/mol. The molecule has 1 aliphatic rings. The highest BCUT2D eigenvalue weighted by Crippen LogP contribution is 2.39. The van der Waals surface area contributed by atoms with E-state index < -0.39 is 0 Å². The van der Waals surface area contributed by atoms with Crippen molar-refractivity contribution in [3.8, 4) is 11.8 Å². The lowest BCUT2D eigenvalue weighted by Crippen LogP contribution is -2.00. The molecule has 0 fully saturated rings. The number of halogens is 1. The standard InChI is InChI=1S/C23H22IN3S/c1-14-10-18(8-9-21(14)24)27-15(2)11-17(16(27)3)13-26-23-20(12-25)19-6-4-5-7-22(19)28-23/h8-11,13H,4-7H2,1-3H3. The molecule has 0 atom stereocenters. The number of hydrogen-bond donors (Lipinski definition) is 0. The lowest BCUT2D eigenvalue weighted by atomic mass is 9.96. The van der Waals surface area contributed by atoms with E-state index in [0.717, 1.165) is 29.0 Å². The number of aliphatic imine (C=N–C) groups is 1. The van der Waals surface area contributed by atoms with E-state index in [0.29, 0.717) is 0 Å². The first-order chi connectivity index (χ1) is 13.5. The van der Waals surface area contributed by atoms with E-state index in [9.17, 15) is 5.26 Å². The molecule has 2 aromatic heterocycles. The Labute approximate surface area is 183 Å². The van der Waals surface area contributed by atoms with E-state index in [-0.39, 0.29) is 0 Å². The van der Waals surface area contributed by atoms with Crippen molar-refractivity contribution < 1.29 is 0 Å². The second-order valence-electron chi connectivity index (χ2n) is 7.36. The van der Waals surface area contributed by atoms with E-state index in [1.807, 2.05) is 6.21 Å². The molecule has 3 nitrogen and oxygen atoms in total. The van der Waals surface area contributed by atoms with Crippen LogP contribution >= 0.6 is 33.9 Å². The largest absolute Gasteiger partial charge is 0.318 e. The Morgan fingerprint density at radius 3 is 2.71 bits per heavy atom. The van der Waals surface area contributed by atoms with Crippen LogP contribution in [-0.2, 0) is 12.8 Å². The molecule has 142 valence electrons. The minimum absolute atomic E-state index is 0.790. The fraction of sp³-hybridized carbons (Fsp3) is 0.304. The highest BCUT2D eigenvalue weighted by Gasteiger charge is 2.20. The van der Waals surface area contributed by atoms with E-state index in [2.05, 4.69) is 78.3 Å². The summed E-state index contributed by atoms with van der Waals surface area (Å²) >= 11 is 4.06. The maximum absolute atomic E-state index is 9.64. The number of benzene rings is 1. The van der Waals surface area contributed by atoms with Gasteiger partial charge in [0.2, 0.25) is 0 Å². The van der Waals surface area contributed by atoms with Gasteiger partial charge in [-0.15, -0.1) is 11.3 Å². The smallest absolute Gasteiger partial charge is 0.134 e. The summed E-state index contributed by atoms with van der Waals surface area (Å²) in [5, 5.41) is 10.5. The second kappa shape index (κ2) is 7.84. The summed E-state index contributed by atoms with van der Waals surface area (Å²) < 4.78 is 3.55. The van der Waals surface area contributed by atoms with Gasteiger partial charge in [-0.2, -0.15) is 5.26 Å². The van der Waals surface area contributed by atoms with E-state index in [1.165, 1.54) is 49.5 Å². The zero-order valence-corrected chi connectivity index (χ0v) is 19.3. The first-order valence-corrected chi connectivity index (χ1v) is 11.4. The van der Waals surface area contributed by atoms with Gasteiger partial charge >= 0.3 is 0 Å². The van der Waals surface area contributed by atoms with Gasteiger partial charge in [-0.3, -0.25) is 0 Å². The van der Waals surface area contributed by atoms with Crippen molar-refractivity contribution in [2.75, 3.05) is 0 Å². The monoisotopic (exact) mass is 499 g/mol. The maximum atomic E-state index is 9.64. The Morgan fingerprint density at radius 2 is 1.96 bits per heavy atom. The van der Waals surface area contributed by atoms with Gasteiger partial charge in [-0.25, -0.2) is 4.99 Å². The lowest BCUT2D eigenvalue weighted by Gasteiger charge is -2.11. The molecule has 0 unspecified atom stereocenters. The van der Waals surface area contributed by atoms with E-state index >= 15 is 0 Å². The summed E-state index contributed by atoms with van der Waals surface area (Å²) in [7, 11) is 0. The summed E-state index contributed by atoms with van der Waals surface area (Å²) in [6, 6.07) is 11.1. The summed E-state index contributed by atoms with van der Waals surface area (Å²) in [6.07, 6.45) is 6.43. The Balaban J connectivity index is 1.71. The minimum Gasteiger partial charge on any atom is -0.318 e. The number of aromatic nitrogens is 1. The fourth-order valence-electron chi connectivity index (χ4n) is 3.97. The number of rotatable bonds is 3. The van der Waals surface area contributed by atoms with Crippen LogP contribution in [0.3, 0.4) is 0 Å². The van der Waals surface area contributed by atoms with Crippen LogP contribution in [0, 0.1) is 35.7 Å². The Bertz CT molecular complexity index is 1130. The predicted octanol–water partition coefficient (Wildman–Crippen LogP) is 6.57. The third-order valence-corrected chi connectivity index (χ3v) is 7.87. The second-order valence-corrected chi connectivity index (χ2v) is 9.60. The number of aryl methyl sites for hydroxylation is 3. The Hall–Kier alpha value is -1.91. The number of nitrogens with zero attached hydrogens (tertiary/aromatic N) is 3. The van der Waals surface area contributed by atoms with Gasteiger partial charge in [0, 0.05) is 37.3 Å². The zero-order chi connectivity index (χ0) is 19.8. The van der Waals surface area contributed by atoms with Crippen LogP contribution in [0.2, 0.25) is 0 Å². The third kappa shape index (κ3) is 3.44. The van der Waals surface area contributed by atoms with Crippen LogP contribution in [0.15, 0.2) is 29.3 Å². The molecule has 5 heteroatoms. The quantitative estimate of drug-likeness (QED) is 0.297. The van der Waals surface area contributed by atoms with Gasteiger partial charge in [0.1, 0.15) is 11.1 Å². The highest BCUT2D eigenvalue weighted by atomic mass is 127. The van der Waals surface area contributed by atoms with Crippen LogP contribution in [0.1, 0.15) is 51.4 Å². The molecule has 0 radical (unpaired) electrons. The highest BCUT2D eigenvalue weighted by molar-refractivity contribution is 14.1. The number of nitriles is 1. The first kappa shape index (κ1) is 19.4.